The molecule has 1 aliphatic rings. The van der Waals surface area contributed by atoms with Crippen molar-refractivity contribution in [1.29, 1.82) is 0 Å². The monoisotopic (exact) mass is 368 g/mol. The highest BCUT2D eigenvalue weighted by atomic mass is 19.1. The van der Waals surface area contributed by atoms with Gasteiger partial charge in [-0.2, -0.15) is 5.10 Å². The maximum Gasteiger partial charge on any atom is 0.257 e. The van der Waals surface area contributed by atoms with Gasteiger partial charge in [0, 0.05) is 37.1 Å². The van der Waals surface area contributed by atoms with Crippen LogP contribution in [0.2, 0.25) is 0 Å². The summed E-state index contributed by atoms with van der Waals surface area (Å²) in [4.78, 5) is 28.4. The Balaban J connectivity index is 1.44. The molecule has 1 aromatic heterocycles. The van der Waals surface area contributed by atoms with E-state index in [0.29, 0.717) is 31.7 Å². The van der Waals surface area contributed by atoms with Crippen LogP contribution in [0.5, 0.6) is 5.75 Å². The molecule has 3 aromatic rings. The maximum atomic E-state index is 14.0. The number of nitrogens with zero attached hydrogens (tertiary/aromatic N) is 3. The summed E-state index contributed by atoms with van der Waals surface area (Å²) in [7, 11) is 0. The lowest BCUT2D eigenvalue weighted by molar-refractivity contribution is 0.0532. The van der Waals surface area contributed by atoms with Gasteiger partial charge in [-0.3, -0.25) is 14.7 Å². The van der Waals surface area contributed by atoms with Crippen molar-refractivity contribution in [2.45, 2.75) is 0 Å². The van der Waals surface area contributed by atoms with Gasteiger partial charge in [0.25, 0.3) is 11.8 Å². The Hall–Kier alpha value is -3.42. The number of phenols is 1. The minimum absolute atomic E-state index is 0.117. The smallest absolute Gasteiger partial charge is 0.257 e. The third kappa shape index (κ3) is 3.10. The molecule has 1 aliphatic heterocycles. The van der Waals surface area contributed by atoms with Crippen molar-refractivity contribution in [2.75, 3.05) is 26.2 Å². The molecule has 0 aliphatic carbocycles. The zero-order valence-electron chi connectivity index (χ0n) is 14.4. The summed E-state index contributed by atoms with van der Waals surface area (Å²) in [5.41, 5.74) is 1.25. The summed E-state index contributed by atoms with van der Waals surface area (Å²) in [6.07, 6.45) is 1.66. The second-order valence-electron chi connectivity index (χ2n) is 6.40. The zero-order valence-corrected chi connectivity index (χ0v) is 14.4. The van der Waals surface area contributed by atoms with E-state index in [-0.39, 0.29) is 11.5 Å². The van der Waals surface area contributed by atoms with Crippen LogP contribution >= 0.6 is 0 Å². The van der Waals surface area contributed by atoms with E-state index in [4.69, 9.17) is 0 Å². The zero-order chi connectivity index (χ0) is 19.0. The second kappa shape index (κ2) is 6.71. The average Bonchev–Trinajstić information content (AvgIpc) is 3.17. The predicted octanol–water partition coefficient (Wildman–Crippen LogP) is 2.01. The van der Waals surface area contributed by atoms with Crippen molar-refractivity contribution >= 4 is 22.7 Å². The van der Waals surface area contributed by atoms with E-state index in [9.17, 15) is 19.1 Å². The number of carbonyl (C=O) groups is 2. The molecule has 0 unspecified atom stereocenters. The normalized spacial score (nSPS) is 14.6. The number of H-pyrrole nitrogens is 1. The van der Waals surface area contributed by atoms with Gasteiger partial charge in [0.2, 0.25) is 0 Å². The van der Waals surface area contributed by atoms with Crippen LogP contribution in [0, 0.1) is 5.82 Å². The highest BCUT2D eigenvalue weighted by Crippen LogP contribution is 2.21. The first-order chi connectivity index (χ1) is 13.0. The minimum Gasteiger partial charge on any atom is -0.505 e. The number of amides is 2. The molecule has 0 spiro atoms. The van der Waals surface area contributed by atoms with Crippen LogP contribution in [-0.2, 0) is 0 Å². The topological polar surface area (TPSA) is 89.5 Å². The number of phenolic OH excluding ortho intramolecular Hbond substituents is 1. The molecule has 0 bridgehead atoms. The predicted molar refractivity (Wildman–Crippen MR) is 96.0 cm³/mol. The van der Waals surface area contributed by atoms with Crippen LogP contribution in [0.15, 0.2) is 42.6 Å². The van der Waals surface area contributed by atoms with Crippen LogP contribution in [0.25, 0.3) is 10.9 Å². The van der Waals surface area contributed by atoms with E-state index in [1.54, 1.807) is 29.3 Å². The molecule has 8 heteroatoms. The Kier molecular flexibility index (Phi) is 4.23. The van der Waals surface area contributed by atoms with Crippen LogP contribution < -0.4 is 0 Å². The van der Waals surface area contributed by atoms with E-state index < -0.39 is 17.5 Å². The molecule has 1 saturated heterocycles. The SMILES string of the molecule is O=C(c1ccc2[nH]ncc2c1)N1CCN(C(=O)c2cccc(O)c2F)CC1. The third-order valence-corrected chi connectivity index (χ3v) is 4.75. The number of rotatable bonds is 2. The first-order valence-corrected chi connectivity index (χ1v) is 8.54. The van der Waals surface area contributed by atoms with Gasteiger partial charge in [-0.1, -0.05) is 6.07 Å². The number of halogens is 1. The Bertz CT molecular complexity index is 1020. The fourth-order valence-electron chi connectivity index (χ4n) is 3.23. The van der Waals surface area contributed by atoms with Crippen LogP contribution in [0.4, 0.5) is 4.39 Å². The molecule has 2 aromatic carbocycles. The molecule has 0 radical (unpaired) electrons. The lowest BCUT2D eigenvalue weighted by atomic mass is 10.1. The average molecular weight is 368 g/mol. The first kappa shape index (κ1) is 17.0. The molecule has 2 heterocycles. The fraction of sp³-hybridized carbons (Fsp3) is 0.211. The van der Waals surface area contributed by atoms with E-state index in [0.717, 1.165) is 10.9 Å². The standard InChI is InChI=1S/C19H17FN4O3/c20-17-14(2-1-3-16(17)25)19(27)24-8-6-23(7-9-24)18(26)12-4-5-15-13(10-12)11-21-22-15/h1-5,10-11,25H,6-9H2,(H,21,22). The molecule has 138 valence electrons. The lowest BCUT2D eigenvalue weighted by Crippen LogP contribution is -2.50. The Morgan fingerprint density at radius 1 is 1.04 bits per heavy atom. The second-order valence-corrected chi connectivity index (χ2v) is 6.40. The van der Waals surface area contributed by atoms with Gasteiger partial charge in [-0.05, 0) is 30.3 Å². The summed E-state index contributed by atoms with van der Waals surface area (Å²) in [5.74, 6) is -2.08. The Morgan fingerprint density at radius 3 is 2.48 bits per heavy atom. The van der Waals surface area contributed by atoms with Crippen molar-refractivity contribution in [2.24, 2.45) is 0 Å². The van der Waals surface area contributed by atoms with Crippen LogP contribution in [0.3, 0.4) is 0 Å². The molecule has 0 atom stereocenters. The van der Waals surface area contributed by atoms with E-state index >= 15 is 0 Å². The lowest BCUT2D eigenvalue weighted by Gasteiger charge is -2.35. The molecule has 4 rings (SSSR count). The molecule has 2 amide bonds. The quantitative estimate of drug-likeness (QED) is 0.724. The highest BCUT2D eigenvalue weighted by Gasteiger charge is 2.27. The van der Waals surface area contributed by atoms with E-state index in [1.165, 1.54) is 23.1 Å². The van der Waals surface area contributed by atoms with Gasteiger partial charge in [-0.25, -0.2) is 4.39 Å². The highest BCUT2D eigenvalue weighted by molar-refractivity contribution is 5.98. The molecule has 7 nitrogen and oxygen atoms in total. The van der Waals surface area contributed by atoms with Gasteiger partial charge >= 0.3 is 0 Å². The largest absolute Gasteiger partial charge is 0.505 e. The van der Waals surface area contributed by atoms with Crippen molar-refractivity contribution < 1.29 is 19.1 Å². The summed E-state index contributed by atoms with van der Waals surface area (Å²) in [5, 5.41) is 17.1. The number of aromatic hydroxyl groups is 1. The molecule has 27 heavy (non-hydrogen) atoms. The van der Waals surface area contributed by atoms with Gasteiger partial charge in [0.15, 0.2) is 11.6 Å². The molecule has 1 fully saturated rings. The van der Waals surface area contributed by atoms with Gasteiger partial charge in [0.05, 0.1) is 17.3 Å². The van der Waals surface area contributed by atoms with Crippen molar-refractivity contribution in [3.63, 3.8) is 0 Å². The number of fused-ring (bicyclic) bond motifs is 1. The Labute approximate surface area is 154 Å². The van der Waals surface area contributed by atoms with Crippen LogP contribution in [0.1, 0.15) is 20.7 Å². The number of hydrogen-bond donors (Lipinski definition) is 2. The number of aromatic nitrogens is 2. The molecular formula is C19H17FN4O3. The minimum atomic E-state index is -0.922. The van der Waals surface area contributed by atoms with Gasteiger partial charge in [0.1, 0.15) is 0 Å². The number of aromatic amines is 1. The van der Waals surface area contributed by atoms with E-state index in [1.807, 2.05) is 0 Å². The summed E-state index contributed by atoms with van der Waals surface area (Å²) >= 11 is 0. The summed E-state index contributed by atoms with van der Waals surface area (Å²) < 4.78 is 14.0. The number of benzene rings is 2. The number of nitrogens with one attached hydrogen (secondary N) is 1. The third-order valence-electron chi connectivity index (χ3n) is 4.75. The number of hydrogen-bond acceptors (Lipinski definition) is 4. The first-order valence-electron chi connectivity index (χ1n) is 8.54. The Morgan fingerprint density at radius 2 is 1.74 bits per heavy atom. The van der Waals surface area contributed by atoms with Crippen molar-refractivity contribution in [3.05, 3.63) is 59.5 Å². The maximum absolute atomic E-state index is 14.0. The fourth-order valence-corrected chi connectivity index (χ4v) is 3.23. The van der Waals surface area contributed by atoms with Crippen molar-refractivity contribution in [3.8, 4) is 5.75 Å². The molecule has 2 N–H and O–H groups in total. The van der Waals surface area contributed by atoms with Gasteiger partial charge < -0.3 is 14.9 Å². The van der Waals surface area contributed by atoms with E-state index in [2.05, 4.69) is 10.2 Å². The molecule has 0 saturated carbocycles. The number of piperazine rings is 1. The summed E-state index contributed by atoms with van der Waals surface area (Å²) in [6, 6.07) is 9.29. The van der Waals surface area contributed by atoms with Crippen molar-refractivity contribution in [1.82, 2.24) is 20.0 Å². The van der Waals surface area contributed by atoms with Gasteiger partial charge in [-0.15, -0.1) is 0 Å². The number of carbonyl (C=O) groups excluding carboxylic acids is 2. The molecular weight excluding hydrogens is 351 g/mol. The van der Waals surface area contributed by atoms with Crippen LogP contribution in [-0.4, -0.2) is 63.1 Å². The summed E-state index contributed by atoms with van der Waals surface area (Å²) in [6.45, 7) is 1.31.